The maximum Gasteiger partial charge on any atom is 0.311 e. The van der Waals surface area contributed by atoms with Crippen LogP contribution in [0.5, 0.6) is 0 Å². The summed E-state index contributed by atoms with van der Waals surface area (Å²) in [6.07, 6.45) is 2.93. The van der Waals surface area contributed by atoms with E-state index in [9.17, 15) is 9.59 Å². The minimum atomic E-state index is -1.02. The number of aryl methyl sites for hydroxylation is 1. The van der Waals surface area contributed by atoms with Crippen LogP contribution in [-0.4, -0.2) is 28.4 Å². The molecule has 24 heavy (non-hydrogen) atoms. The molecule has 2 heterocycles. The summed E-state index contributed by atoms with van der Waals surface area (Å²) in [7, 11) is 0. The number of carboxylic acid groups (broad SMARTS) is 1. The first-order valence-corrected chi connectivity index (χ1v) is 8.20. The van der Waals surface area contributed by atoms with Gasteiger partial charge in [0, 0.05) is 17.1 Å². The van der Waals surface area contributed by atoms with Gasteiger partial charge < -0.3 is 14.4 Å². The fourth-order valence-corrected chi connectivity index (χ4v) is 3.36. The number of furan rings is 1. The first-order chi connectivity index (χ1) is 11.5. The highest BCUT2D eigenvalue weighted by molar-refractivity contribution is 6.30. The molecule has 0 aliphatic carbocycles. The van der Waals surface area contributed by atoms with E-state index in [4.69, 9.17) is 21.1 Å². The van der Waals surface area contributed by atoms with Gasteiger partial charge in [-0.3, -0.25) is 9.59 Å². The van der Waals surface area contributed by atoms with E-state index in [-0.39, 0.29) is 24.1 Å². The number of hydrogen-bond donors (Lipinski definition) is 1. The second-order valence-corrected chi connectivity index (χ2v) is 6.43. The predicted molar refractivity (Wildman–Crippen MR) is 89.2 cm³/mol. The standard InChI is InChI=1S/C18H18ClNO4/c1-11-10-24-15(9-16(21)22)17(11)18(23)20-8-2-3-14(20)12-4-6-13(19)7-5-12/h4-7,10,14H,2-3,8-9H2,1H3,(H,21,22). The van der Waals surface area contributed by atoms with Crippen molar-refractivity contribution in [2.24, 2.45) is 0 Å². The largest absolute Gasteiger partial charge is 0.481 e. The molecule has 126 valence electrons. The van der Waals surface area contributed by atoms with E-state index in [2.05, 4.69) is 0 Å². The lowest BCUT2D eigenvalue weighted by molar-refractivity contribution is -0.136. The van der Waals surface area contributed by atoms with Gasteiger partial charge in [0.2, 0.25) is 0 Å². The van der Waals surface area contributed by atoms with Crippen molar-refractivity contribution in [3.8, 4) is 0 Å². The average Bonchev–Trinajstić information content (AvgIpc) is 3.14. The van der Waals surface area contributed by atoms with Gasteiger partial charge in [-0.25, -0.2) is 0 Å². The van der Waals surface area contributed by atoms with Gasteiger partial charge in [0.05, 0.1) is 17.9 Å². The minimum absolute atomic E-state index is 0.0262. The summed E-state index contributed by atoms with van der Waals surface area (Å²) >= 11 is 5.94. The molecule has 1 amide bonds. The van der Waals surface area contributed by atoms with Gasteiger partial charge in [-0.2, -0.15) is 0 Å². The molecule has 1 N–H and O–H groups in total. The van der Waals surface area contributed by atoms with Gasteiger partial charge in [-0.15, -0.1) is 0 Å². The number of halogens is 1. The SMILES string of the molecule is Cc1coc(CC(=O)O)c1C(=O)N1CCCC1c1ccc(Cl)cc1. The third-order valence-electron chi connectivity index (χ3n) is 4.35. The van der Waals surface area contributed by atoms with Crippen LogP contribution in [0.2, 0.25) is 5.02 Å². The fourth-order valence-electron chi connectivity index (χ4n) is 3.24. The Morgan fingerprint density at radius 3 is 2.71 bits per heavy atom. The van der Waals surface area contributed by atoms with Crippen molar-refractivity contribution in [2.75, 3.05) is 6.54 Å². The van der Waals surface area contributed by atoms with E-state index < -0.39 is 5.97 Å². The maximum atomic E-state index is 13.0. The molecule has 1 aromatic carbocycles. The summed E-state index contributed by atoms with van der Waals surface area (Å²) in [6.45, 7) is 2.40. The summed E-state index contributed by atoms with van der Waals surface area (Å²) in [4.78, 5) is 25.8. The van der Waals surface area contributed by atoms with Crippen molar-refractivity contribution in [3.63, 3.8) is 0 Å². The second-order valence-electron chi connectivity index (χ2n) is 6.00. The third kappa shape index (κ3) is 3.17. The van der Waals surface area contributed by atoms with Crippen molar-refractivity contribution in [1.82, 2.24) is 4.90 Å². The number of benzene rings is 1. The summed E-state index contributed by atoms with van der Waals surface area (Å²) in [6, 6.07) is 7.47. The molecule has 0 spiro atoms. The highest BCUT2D eigenvalue weighted by atomic mass is 35.5. The summed E-state index contributed by atoms with van der Waals surface area (Å²) < 4.78 is 5.30. The van der Waals surface area contributed by atoms with Crippen LogP contribution in [0.1, 0.15) is 46.1 Å². The first-order valence-electron chi connectivity index (χ1n) is 7.82. The number of rotatable bonds is 4. The smallest absolute Gasteiger partial charge is 0.311 e. The lowest BCUT2D eigenvalue weighted by Gasteiger charge is -2.25. The highest BCUT2D eigenvalue weighted by Crippen LogP contribution is 2.35. The number of likely N-dealkylation sites (tertiary alicyclic amines) is 1. The van der Waals surface area contributed by atoms with Crippen LogP contribution in [-0.2, 0) is 11.2 Å². The zero-order valence-corrected chi connectivity index (χ0v) is 14.0. The normalized spacial score (nSPS) is 17.2. The number of nitrogens with zero attached hydrogens (tertiary/aromatic N) is 1. The monoisotopic (exact) mass is 347 g/mol. The molecule has 1 atom stereocenters. The summed E-state index contributed by atoms with van der Waals surface area (Å²) in [5, 5.41) is 9.66. The highest BCUT2D eigenvalue weighted by Gasteiger charge is 2.33. The zero-order chi connectivity index (χ0) is 17.3. The lowest BCUT2D eigenvalue weighted by atomic mass is 10.0. The molecule has 6 heteroatoms. The van der Waals surface area contributed by atoms with Gasteiger partial charge in [0.1, 0.15) is 12.2 Å². The molecule has 0 saturated carbocycles. The van der Waals surface area contributed by atoms with E-state index in [1.165, 1.54) is 6.26 Å². The molecule has 1 aliphatic rings. The van der Waals surface area contributed by atoms with E-state index in [0.717, 1.165) is 18.4 Å². The van der Waals surface area contributed by atoms with Gasteiger partial charge in [0.15, 0.2) is 0 Å². The Kier molecular flexibility index (Phi) is 4.62. The topological polar surface area (TPSA) is 70.7 Å². The molecule has 1 fully saturated rings. The Morgan fingerprint density at radius 2 is 2.04 bits per heavy atom. The van der Waals surface area contributed by atoms with Crippen molar-refractivity contribution in [3.05, 3.63) is 58.0 Å². The third-order valence-corrected chi connectivity index (χ3v) is 4.60. The Labute approximate surface area is 144 Å². The number of hydrogen-bond acceptors (Lipinski definition) is 3. The molecule has 1 unspecified atom stereocenters. The van der Waals surface area contributed by atoms with Crippen LogP contribution >= 0.6 is 11.6 Å². The van der Waals surface area contributed by atoms with Crippen LogP contribution < -0.4 is 0 Å². The molecule has 0 radical (unpaired) electrons. The quantitative estimate of drug-likeness (QED) is 0.912. The average molecular weight is 348 g/mol. The molecule has 5 nitrogen and oxygen atoms in total. The Morgan fingerprint density at radius 1 is 1.33 bits per heavy atom. The molecule has 3 rings (SSSR count). The molecule has 1 saturated heterocycles. The van der Waals surface area contributed by atoms with Gasteiger partial charge in [-0.05, 0) is 37.5 Å². The fraction of sp³-hybridized carbons (Fsp3) is 0.333. The Balaban J connectivity index is 1.90. The molecule has 2 aromatic rings. The molecule has 0 bridgehead atoms. The van der Waals surface area contributed by atoms with E-state index >= 15 is 0 Å². The molecule has 1 aromatic heterocycles. The van der Waals surface area contributed by atoms with Crippen LogP contribution in [0.4, 0.5) is 0 Å². The number of carbonyl (C=O) groups is 2. The number of amides is 1. The van der Waals surface area contributed by atoms with Crippen molar-refractivity contribution < 1.29 is 19.1 Å². The van der Waals surface area contributed by atoms with Crippen molar-refractivity contribution >= 4 is 23.5 Å². The first kappa shape index (κ1) is 16.6. The van der Waals surface area contributed by atoms with E-state index in [1.54, 1.807) is 11.8 Å². The summed E-state index contributed by atoms with van der Waals surface area (Å²) in [5.41, 5.74) is 2.07. The van der Waals surface area contributed by atoms with E-state index in [0.29, 0.717) is 22.7 Å². The van der Waals surface area contributed by atoms with Gasteiger partial charge in [-0.1, -0.05) is 23.7 Å². The minimum Gasteiger partial charge on any atom is -0.481 e. The summed E-state index contributed by atoms with van der Waals surface area (Å²) in [5.74, 6) is -0.976. The number of aliphatic carboxylic acids is 1. The molecule has 1 aliphatic heterocycles. The molecular weight excluding hydrogens is 330 g/mol. The van der Waals surface area contributed by atoms with Crippen LogP contribution in [0.3, 0.4) is 0 Å². The van der Waals surface area contributed by atoms with Crippen LogP contribution in [0.15, 0.2) is 34.9 Å². The Hall–Kier alpha value is -2.27. The van der Waals surface area contributed by atoms with Crippen molar-refractivity contribution in [1.29, 1.82) is 0 Å². The zero-order valence-electron chi connectivity index (χ0n) is 13.3. The lowest BCUT2D eigenvalue weighted by Crippen LogP contribution is -2.31. The second kappa shape index (κ2) is 6.69. The number of carboxylic acids is 1. The van der Waals surface area contributed by atoms with Gasteiger partial charge >= 0.3 is 5.97 Å². The predicted octanol–water partition coefficient (Wildman–Crippen LogP) is 3.85. The van der Waals surface area contributed by atoms with E-state index in [1.807, 2.05) is 24.3 Å². The van der Waals surface area contributed by atoms with Crippen LogP contribution in [0.25, 0.3) is 0 Å². The number of carbonyl (C=O) groups excluding carboxylic acids is 1. The van der Waals surface area contributed by atoms with Crippen LogP contribution in [0, 0.1) is 6.92 Å². The molecular formula is C18H18ClNO4. The maximum absolute atomic E-state index is 13.0. The van der Waals surface area contributed by atoms with Crippen molar-refractivity contribution in [2.45, 2.75) is 32.2 Å². The Bertz CT molecular complexity index is 766. The van der Waals surface area contributed by atoms with Gasteiger partial charge in [0.25, 0.3) is 5.91 Å².